The summed E-state index contributed by atoms with van der Waals surface area (Å²) in [6.45, 7) is 0.509. The predicted molar refractivity (Wildman–Crippen MR) is 98.2 cm³/mol. The summed E-state index contributed by atoms with van der Waals surface area (Å²) in [4.78, 5) is 11.4. The second-order valence-electron chi connectivity index (χ2n) is 5.15. The SMILES string of the molecule is NNC(=O)CSc1nnc(CNc2ccccc2)n1-c1ccccc1. The van der Waals surface area contributed by atoms with Crippen molar-refractivity contribution in [3.05, 3.63) is 66.5 Å². The molecule has 0 spiro atoms. The van der Waals surface area contributed by atoms with Gasteiger partial charge < -0.3 is 5.32 Å². The maximum atomic E-state index is 11.4. The van der Waals surface area contributed by atoms with Crippen LogP contribution in [0.3, 0.4) is 0 Å². The Balaban J connectivity index is 1.84. The van der Waals surface area contributed by atoms with Gasteiger partial charge in [0.05, 0.1) is 12.3 Å². The number of carbonyl (C=O) groups is 1. The van der Waals surface area contributed by atoms with Crippen LogP contribution in [0, 0.1) is 0 Å². The molecule has 3 rings (SSSR count). The molecule has 1 heterocycles. The number of amides is 1. The molecule has 25 heavy (non-hydrogen) atoms. The number of aromatic nitrogens is 3. The highest BCUT2D eigenvalue weighted by Gasteiger charge is 2.15. The van der Waals surface area contributed by atoms with Crippen molar-refractivity contribution in [1.82, 2.24) is 20.2 Å². The van der Waals surface area contributed by atoms with E-state index in [0.29, 0.717) is 11.7 Å². The topological polar surface area (TPSA) is 97.9 Å². The van der Waals surface area contributed by atoms with E-state index >= 15 is 0 Å². The summed E-state index contributed by atoms with van der Waals surface area (Å²) in [6, 6.07) is 19.7. The fourth-order valence-electron chi connectivity index (χ4n) is 2.25. The lowest BCUT2D eigenvalue weighted by molar-refractivity contribution is -0.118. The fourth-order valence-corrected chi connectivity index (χ4v) is 3.04. The quantitative estimate of drug-likeness (QED) is 0.260. The van der Waals surface area contributed by atoms with Crippen molar-refractivity contribution in [2.45, 2.75) is 11.7 Å². The molecule has 0 aliphatic rings. The van der Waals surface area contributed by atoms with Crippen LogP contribution in [0.5, 0.6) is 0 Å². The van der Waals surface area contributed by atoms with Crippen LogP contribution in [-0.2, 0) is 11.3 Å². The number of thioether (sulfide) groups is 1. The van der Waals surface area contributed by atoms with Crippen LogP contribution in [0.4, 0.5) is 5.69 Å². The van der Waals surface area contributed by atoms with Crippen molar-refractivity contribution in [3.63, 3.8) is 0 Å². The molecule has 0 aliphatic heterocycles. The monoisotopic (exact) mass is 354 g/mol. The van der Waals surface area contributed by atoms with E-state index in [0.717, 1.165) is 17.2 Å². The minimum absolute atomic E-state index is 0.174. The van der Waals surface area contributed by atoms with Crippen LogP contribution in [0.2, 0.25) is 0 Å². The number of hydrogen-bond donors (Lipinski definition) is 3. The lowest BCUT2D eigenvalue weighted by Crippen LogP contribution is -2.31. The largest absolute Gasteiger partial charge is 0.378 e. The first kappa shape index (κ1) is 17.0. The highest BCUT2D eigenvalue weighted by atomic mass is 32.2. The van der Waals surface area contributed by atoms with Crippen molar-refractivity contribution in [1.29, 1.82) is 0 Å². The van der Waals surface area contributed by atoms with Gasteiger partial charge in [0.2, 0.25) is 5.91 Å². The number of rotatable bonds is 7. The molecule has 0 saturated carbocycles. The molecule has 0 bridgehead atoms. The van der Waals surface area contributed by atoms with Gasteiger partial charge in [-0.15, -0.1) is 10.2 Å². The van der Waals surface area contributed by atoms with Crippen molar-refractivity contribution >= 4 is 23.4 Å². The molecule has 0 radical (unpaired) electrons. The van der Waals surface area contributed by atoms with E-state index in [1.54, 1.807) is 0 Å². The van der Waals surface area contributed by atoms with Crippen molar-refractivity contribution < 1.29 is 4.79 Å². The Bertz CT molecular complexity index is 822. The Morgan fingerprint density at radius 1 is 1.04 bits per heavy atom. The van der Waals surface area contributed by atoms with Crippen molar-refractivity contribution in [3.8, 4) is 5.69 Å². The van der Waals surface area contributed by atoms with Crippen LogP contribution < -0.4 is 16.6 Å². The number of nitrogens with zero attached hydrogens (tertiary/aromatic N) is 3. The molecule has 0 saturated heterocycles. The summed E-state index contributed by atoms with van der Waals surface area (Å²) in [5.41, 5.74) is 4.06. The lowest BCUT2D eigenvalue weighted by Gasteiger charge is -2.11. The molecule has 0 atom stereocenters. The molecule has 8 heteroatoms. The molecule has 0 unspecified atom stereocenters. The van der Waals surface area contributed by atoms with Gasteiger partial charge in [-0.3, -0.25) is 14.8 Å². The maximum absolute atomic E-state index is 11.4. The van der Waals surface area contributed by atoms with Crippen LogP contribution in [-0.4, -0.2) is 26.4 Å². The number of hydrazine groups is 1. The minimum Gasteiger partial charge on any atom is -0.378 e. The standard InChI is InChI=1S/C17H18N6OS/c18-20-16(24)12-25-17-22-21-15(11-19-13-7-3-1-4-8-13)23(17)14-9-5-2-6-10-14/h1-10,19H,11-12,18H2,(H,20,24). The van der Waals surface area contributed by atoms with Crippen molar-refractivity contribution in [2.24, 2.45) is 5.84 Å². The van der Waals surface area contributed by atoms with Crippen LogP contribution >= 0.6 is 11.8 Å². The Morgan fingerprint density at radius 3 is 2.40 bits per heavy atom. The average Bonchev–Trinajstić information content (AvgIpc) is 3.08. The Morgan fingerprint density at radius 2 is 1.72 bits per heavy atom. The van der Waals surface area contributed by atoms with Crippen molar-refractivity contribution in [2.75, 3.05) is 11.1 Å². The first-order valence-corrected chi connectivity index (χ1v) is 8.67. The number of benzene rings is 2. The van der Waals surface area contributed by atoms with E-state index in [1.807, 2.05) is 65.2 Å². The molecule has 7 nitrogen and oxygen atoms in total. The van der Waals surface area contributed by atoms with E-state index in [-0.39, 0.29) is 11.7 Å². The number of nitrogens with one attached hydrogen (secondary N) is 2. The minimum atomic E-state index is -0.267. The van der Waals surface area contributed by atoms with E-state index in [1.165, 1.54) is 11.8 Å². The van der Waals surface area contributed by atoms with Gasteiger partial charge in [0.25, 0.3) is 0 Å². The first-order chi connectivity index (χ1) is 12.3. The molecule has 2 aromatic carbocycles. The number of nitrogens with two attached hydrogens (primary N) is 1. The van der Waals surface area contributed by atoms with Gasteiger partial charge in [0.15, 0.2) is 11.0 Å². The summed E-state index contributed by atoms with van der Waals surface area (Å²) in [7, 11) is 0. The fraction of sp³-hybridized carbons (Fsp3) is 0.118. The van der Waals surface area contributed by atoms with E-state index in [4.69, 9.17) is 5.84 Å². The third kappa shape index (κ3) is 4.37. The highest BCUT2D eigenvalue weighted by Crippen LogP contribution is 2.22. The van der Waals surface area contributed by atoms with Gasteiger partial charge in [0, 0.05) is 11.4 Å². The van der Waals surface area contributed by atoms with Crippen LogP contribution in [0.25, 0.3) is 5.69 Å². The first-order valence-electron chi connectivity index (χ1n) is 7.69. The summed E-state index contributed by atoms with van der Waals surface area (Å²) in [5.74, 6) is 5.80. The molecule has 1 aromatic heterocycles. The summed E-state index contributed by atoms with van der Waals surface area (Å²) >= 11 is 1.29. The second kappa shape index (κ2) is 8.32. The zero-order valence-electron chi connectivity index (χ0n) is 13.4. The number of para-hydroxylation sites is 2. The van der Waals surface area contributed by atoms with Gasteiger partial charge in [-0.2, -0.15) is 0 Å². The molecule has 4 N–H and O–H groups in total. The molecule has 1 amide bonds. The lowest BCUT2D eigenvalue weighted by atomic mass is 10.3. The molecular weight excluding hydrogens is 336 g/mol. The average molecular weight is 354 g/mol. The summed E-state index contributed by atoms with van der Waals surface area (Å²) in [6.07, 6.45) is 0. The Hall–Kier alpha value is -2.84. The predicted octanol–water partition coefficient (Wildman–Crippen LogP) is 1.96. The number of anilines is 1. The van der Waals surface area contributed by atoms with Crippen LogP contribution in [0.15, 0.2) is 65.8 Å². The molecule has 0 aliphatic carbocycles. The highest BCUT2D eigenvalue weighted by molar-refractivity contribution is 7.99. The zero-order chi connectivity index (χ0) is 17.5. The molecule has 3 aromatic rings. The molecular formula is C17H18N6OS. The van der Waals surface area contributed by atoms with Gasteiger partial charge in [0.1, 0.15) is 0 Å². The second-order valence-corrected chi connectivity index (χ2v) is 6.09. The number of hydrogen-bond acceptors (Lipinski definition) is 6. The zero-order valence-corrected chi connectivity index (χ0v) is 14.2. The normalized spacial score (nSPS) is 10.4. The third-order valence-electron chi connectivity index (χ3n) is 3.43. The number of carbonyl (C=O) groups excluding carboxylic acids is 1. The van der Waals surface area contributed by atoms with E-state index in [9.17, 15) is 4.79 Å². The van der Waals surface area contributed by atoms with Gasteiger partial charge in [-0.1, -0.05) is 48.2 Å². The Labute approximate surface area is 149 Å². The smallest absolute Gasteiger partial charge is 0.244 e. The summed E-state index contributed by atoms with van der Waals surface area (Å²) in [5, 5.41) is 12.5. The van der Waals surface area contributed by atoms with E-state index < -0.39 is 0 Å². The third-order valence-corrected chi connectivity index (χ3v) is 4.36. The molecule has 0 fully saturated rings. The summed E-state index contributed by atoms with van der Waals surface area (Å²) < 4.78 is 1.93. The van der Waals surface area contributed by atoms with Gasteiger partial charge in [-0.25, -0.2) is 5.84 Å². The molecule has 128 valence electrons. The maximum Gasteiger partial charge on any atom is 0.244 e. The van der Waals surface area contributed by atoms with Gasteiger partial charge >= 0.3 is 0 Å². The van der Waals surface area contributed by atoms with Crippen LogP contribution in [0.1, 0.15) is 5.82 Å². The van der Waals surface area contributed by atoms with Gasteiger partial charge in [-0.05, 0) is 24.3 Å². The Kier molecular flexibility index (Phi) is 5.65. The van der Waals surface area contributed by atoms with E-state index in [2.05, 4.69) is 20.9 Å².